The zero-order valence-electron chi connectivity index (χ0n) is 17.6. The summed E-state index contributed by atoms with van der Waals surface area (Å²) in [4.78, 5) is 54.4. The van der Waals surface area contributed by atoms with Gasteiger partial charge in [-0.15, -0.1) is 0 Å². The van der Waals surface area contributed by atoms with E-state index in [1.807, 2.05) is 24.3 Å². The summed E-state index contributed by atoms with van der Waals surface area (Å²) in [5, 5.41) is 0. The second-order valence-corrected chi connectivity index (χ2v) is 10.3. The van der Waals surface area contributed by atoms with Crippen molar-refractivity contribution in [2.24, 2.45) is 47.3 Å². The number of nitrogens with zero attached hydrogens (tertiary/aromatic N) is 2. The lowest BCUT2D eigenvalue weighted by atomic mass is 9.85. The molecular weight excluding hydrogens is 404 g/mol. The summed E-state index contributed by atoms with van der Waals surface area (Å²) in [5.74, 6) is 0.0239. The second kappa shape index (κ2) is 6.27. The minimum absolute atomic E-state index is 0.0380. The first-order chi connectivity index (χ1) is 15.5. The fourth-order valence-electron chi connectivity index (χ4n) is 7.36. The highest BCUT2D eigenvalue weighted by molar-refractivity contribution is 6.07. The van der Waals surface area contributed by atoms with Gasteiger partial charge in [-0.3, -0.25) is 29.0 Å². The number of hydrogen-bond donors (Lipinski definition) is 0. The Balaban J connectivity index is 1.05. The summed E-state index contributed by atoms with van der Waals surface area (Å²) in [7, 11) is 0. The molecule has 8 atom stereocenters. The summed E-state index contributed by atoms with van der Waals surface area (Å²) in [6, 6.07) is 7.59. The number of fused-ring (bicyclic) bond motifs is 10. The van der Waals surface area contributed by atoms with Gasteiger partial charge in [0.15, 0.2) is 0 Å². The molecule has 6 nitrogen and oxygen atoms in total. The van der Waals surface area contributed by atoms with Crippen LogP contribution in [0.3, 0.4) is 0 Å². The molecule has 6 heteroatoms. The van der Waals surface area contributed by atoms with Crippen LogP contribution in [0.5, 0.6) is 0 Å². The summed E-state index contributed by atoms with van der Waals surface area (Å²) >= 11 is 0. The smallest absolute Gasteiger partial charge is 0.234 e. The van der Waals surface area contributed by atoms with E-state index in [2.05, 4.69) is 24.3 Å². The molecule has 162 valence electrons. The Morgan fingerprint density at radius 1 is 0.531 bits per heavy atom. The average Bonchev–Trinajstić information content (AvgIpc) is 3.62. The fourth-order valence-corrected chi connectivity index (χ4v) is 7.36. The third-order valence-corrected chi connectivity index (χ3v) is 8.83. The zero-order valence-corrected chi connectivity index (χ0v) is 17.6. The van der Waals surface area contributed by atoms with Gasteiger partial charge in [0, 0.05) is 0 Å². The van der Waals surface area contributed by atoms with Gasteiger partial charge in [0.2, 0.25) is 23.6 Å². The second-order valence-electron chi connectivity index (χ2n) is 10.3. The van der Waals surface area contributed by atoms with Crippen LogP contribution in [0.15, 0.2) is 48.6 Å². The van der Waals surface area contributed by atoms with Crippen molar-refractivity contribution in [1.29, 1.82) is 0 Å². The molecule has 2 aliphatic heterocycles. The summed E-state index contributed by atoms with van der Waals surface area (Å²) in [6.45, 7) is 0.566. The third-order valence-electron chi connectivity index (χ3n) is 8.83. The molecule has 7 rings (SSSR count). The van der Waals surface area contributed by atoms with Gasteiger partial charge in [0.05, 0.1) is 36.8 Å². The topological polar surface area (TPSA) is 74.8 Å². The van der Waals surface area contributed by atoms with E-state index in [1.54, 1.807) is 0 Å². The molecule has 6 aliphatic rings. The van der Waals surface area contributed by atoms with E-state index in [0.29, 0.717) is 0 Å². The number of hydrogen-bond acceptors (Lipinski definition) is 4. The summed E-state index contributed by atoms with van der Waals surface area (Å²) in [5.41, 5.74) is 1.77. The van der Waals surface area contributed by atoms with Crippen molar-refractivity contribution >= 4 is 23.6 Å². The van der Waals surface area contributed by atoms with Gasteiger partial charge < -0.3 is 0 Å². The normalized spacial score (nSPS) is 40.4. The highest BCUT2D eigenvalue weighted by atomic mass is 16.2. The van der Waals surface area contributed by atoms with E-state index in [4.69, 9.17) is 0 Å². The van der Waals surface area contributed by atoms with E-state index >= 15 is 0 Å². The number of benzene rings is 1. The molecule has 0 N–H and O–H groups in total. The van der Waals surface area contributed by atoms with Crippen molar-refractivity contribution in [3.63, 3.8) is 0 Å². The maximum absolute atomic E-state index is 12.9. The van der Waals surface area contributed by atoms with Crippen LogP contribution in [0.4, 0.5) is 0 Å². The van der Waals surface area contributed by atoms with Crippen LogP contribution in [0, 0.1) is 47.3 Å². The molecule has 32 heavy (non-hydrogen) atoms. The average molecular weight is 428 g/mol. The van der Waals surface area contributed by atoms with Crippen LogP contribution >= 0.6 is 0 Å². The molecule has 4 bridgehead atoms. The largest absolute Gasteiger partial charge is 0.278 e. The maximum Gasteiger partial charge on any atom is 0.234 e. The Hall–Kier alpha value is -3.02. The molecule has 2 saturated heterocycles. The van der Waals surface area contributed by atoms with Crippen LogP contribution in [0.1, 0.15) is 24.0 Å². The van der Waals surface area contributed by atoms with Crippen molar-refractivity contribution in [3.8, 4) is 0 Å². The molecule has 4 aliphatic carbocycles. The summed E-state index contributed by atoms with van der Waals surface area (Å²) in [6.07, 6.45) is 10.3. The lowest BCUT2D eigenvalue weighted by molar-refractivity contribution is -0.143. The van der Waals surface area contributed by atoms with Gasteiger partial charge in [-0.1, -0.05) is 48.6 Å². The molecule has 0 spiro atoms. The number of allylic oxidation sites excluding steroid dienone is 4. The molecular formula is C26H24N2O4. The van der Waals surface area contributed by atoms with Gasteiger partial charge in [-0.25, -0.2) is 0 Å². The Kier molecular flexibility index (Phi) is 3.63. The lowest BCUT2D eigenvalue weighted by Gasteiger charge is -2.19. The first kappa shape index (κ1) is 18.5. The number of imide groups is 2. The molecule has 0 aromatic heterocycles. The quantitative estimate of drug-likeness (QED) is 0.545. The standard InChI is InChI=1S/C26H24N2O4/c29-23-19-15-5-6-16(9-15)20(19)24(30)27(23)11-13-1-2-14(4-3-13)12-28-25(31)21-17-7-8-18(10-17)22(21)26(28)32/h1-8,15-22H,9-12H2/t15-,16-,17-,18-,19-,20+,21+,22+/m0/s1. The Morgan fingerprint density at radius 2 is 0.812 bits per heavy atom. The van der Waals surface area contributed by atoms with Crippen LogP contribution < -0.4 is 0 Å². The first-order valence-corrected chi connectivity index (χ1v) is 11.7. The lowest BCUT2D eigenvalue weighted by Crippen LogP contribution is -2.33. The Labute approximate surface area is 185 Å². The van der Waals surface area contributed by atoms with Crippen molar-refractivity contribution in [1.82, 2.24) is 9.80 Å². The molecule has 4 fully saturated rings. The van der Waals surface area contributed by atoms with Crippen molar-refractivity contribution in [2.45, 2.75) is 25.9 Å². The fraction of sp³-hybridized carbons (Fsp3) is 0.462. The predicted molar refractivity (Wildman–Crippen MR) is 113 cm³/mol. The van der Waals surface area contributed by atoms with Crippen LogP contribution in [-0.4, -0.2) is 33.4 Å². The van der Waals surface area contributed by atoms with Gasteiger partial charge in [-0.2, -0.15) is 0 Å². The predicted octanol–water partition coefficient (Wildman–Crippen LogP) is 2.30. The Morgan fingerprint density at radius 3 is 1.09 bits per heavy atom. The van der Waals surface area contributed by atoms with Gasteiger partial charge in [0.1, 0.15) is 0 Å². The molecule has 2 heterocycles. The first-order valence-electron chi connectivity index (χ1n) is 11.7. The Bertz CT molecular complexity index is 986. The van der Waals surface area contributed by atoms with E-state index in [0.717, 1.165) is 24.0 Å². The van der Waals surface area contributed by atoms with Crippen LogP contribution in [0.2, 0.25) is 0 Å². The highest BCUT2D eigenvalue weighted by Gasteiger charge is 2.60. The zero-order chi connectivity index (χ0) is 21.7. The minimum Gasteiger partial charge on any atom is -0.278 e. The van der Waals surface area contributed by atoms with Crippen LogP contribution in [0.25, 0.3) is 0 Å². The monoisotopic (exact) mass is 428 g/mol. The van der Waals surface area contributed by atoms with E-state index in [1.165, 1.54) is 9.80 Å². The van der Waals surface area contributed by atoms with Crippen molar-refractivity contribution in [2.75, 3.05) is 0 Å². The maximum atomic E-state index is 12.9. The highest BCUT2D eigenvalue weighted by Crippen LogP contribution is 2.53. The van der Waals surface area contributed by atoms with E-state index in [9.17, 15) is 19.2 Å². The number of amides is 4. The summed E-state index contributed by atoms with van der Waals surface area (Å²) < 4.78 is 0. The van der Waals surface area contributed by atoms with Gasteiger partial charge in [0.25, 0.3) is 0 Å². The number of rotatable bonds is 4. The third kappa shape index (κ3) is 2.30. The van der Waals surface area contributed by atoms with Crippen molar-refractivity contribution in [3.05, 3.63) is 59.7 Å². The number of likely N-dealkylation sites (tertiary alicyclic amines) is 2. The van der Waals surface area contributed by atoms with E-state index < -0.39 is 0 Å². The molecule has 1 aromatic carbocycles. The van der Waals surface area contributed by atoms with Crippen LogP contribution in [-0.2, 0) is 32.3 Å². The number of carbonyl (C=O) groups is 4. The van der Waals surface area contributed by atoms with Gasteiger partial charge in [-0.05, 0) is 47.6 Å². The molecule has 1 aromatic rings. The minimum atomic E-state index is -0.173. The van der Waals surface area contributed by atoms with Gasteiger partial charge >= 0.3 is 0 Å². The SMILES string of the molecule is O=C1[C@@H]2[C@H](C(=O)N1Cc1ccc(CN3C(=O)[C@H]4[C@H](C3=O)[C@H]3C=C[C@H]4C3)cc1)[C@H]1C=C[C@H]2C1. The van der Waals surface area contributed by atoms with E-state index in [-0.39, 0.29) is 84.1 Å². The number of carbonyl (C=O) groups excluding carboxylic acids is 4. The molecule has 2 saturated carbocycles. The molecule has 4 amide bonds. The molecule has 0 radical (unpaired) electrons. The van der Waals surface area contributed by atoms with Crippen molar-refractivity contribution < 1.29 is 19.2 Å². The molecule has 0 unspecified atom stereocenters.